The molecule has 0 bridgehead atoms. The van der Waals surface area contributed by atoms with E-state index in [0.717, 1.165) is 5.56 Å². The van der Waals surface area contributed by atoms with Crippen molar-refractivity contribution in [3.8, 4) is 0 Å². The van der Waals surface area contributed by atoms with E-state index in [2.05, 4.69) is 5.32 Å². The van der Waals surface area contributed by atoms with Gasteiger partial charge in [0, 0.05) is 36.2 Å². The number of aliphatic hydroxyl groups is 1. The van der Waals surface area contributed by atoms with Crippen LogP contribution in [0.4, 0.5) is 0 Å². The van der Waals surface area contributed by atoms with Gasteiger partial charge in [0.25, 0.3) is 0 Å². The number of carbonyl (C=O) groups excluding carboxylic acids is 2. The van der Waals surface area contributed by atoms with Crippen molar-refractivity contribution in [2.24, 2.45) is 17.0 Å². The second-order valence-electron chi connectivity index (χ2n) is 9.59. The lowest BCUT2D eigenvalue weighted by Gasteiger charge is -2.46. The van der Waals surface area contributed by atoms with Gasteiger partial charge in [-0.3, -0.25) is 9.59 Å². The number of sulfonamides is 1. The minimum Gasteiger partial charge on any atom is -0.477 e. The number of nitrogens with zero attached hydrogens (tertiary/aromatic N) is 2. The third-order valence-corrected chi connectivity index (χ3v) is 9.48. The number of aliphatic hydroxyl groups excluding tert-OH is 1. The highest BCUT2D eigenvalue weighted by Gasteiger charge is 2.60. The number of benzene rings is 1. The summed E-state index contributed by atoms with van der Waals surface area (Å²) in [6, 6.07) is 5.19. The molecule has 0 radical (unpaired) electrons. The Morgan fingerprint density at radius 1 is 1.31 bits per heavy atom. The number of primary sulfonamides is 1. The number of rotatable bonds is 8. The Morgan fingerprint density at radius 2 is 1.94 bits per heavy atom. The van der Waals surface area contributed by atoms with E-state index in [1.165, 1.54) is 28.8 Å². The van der Waals surface area contributed by atoms with Crippen molar-refractivity contribution in [2.45, 2.75) is 55.1 Å². The minimum atomic E-state index is -3.79. The number of nitrogens with one attached hydrogen (secondary N) is 1. The van der Waals surface area contributed by atoms with Crippen LogP contribution in [0.1, 0.15) is 25.8 Å². The average Bonchev–Trinajstić information content (AvgIpc) is 3.34. The molecule has 0 unspecified atom stereocenters. The van der Waals surface area contributed by atoms with E-state index in [0.29, 0.717) is 17.9 Å². The number of likely N-dealkylation sites (N-methyl/N-ethyl adjacent to an activating group) is 1. The van der Waals surface area contributed by atoms with Crippen molar-refractivity contribution < 1.29 is 33.0 Å². The monoisotopic (exact) mass is 538 g/mol. The van der Waals surface area contributed by atoms with E-state index in [4.69, 9.17) is 5.14 Å². The molecule has 1 aromatic rings. The summed E-state index contributed by atoms with van der Waals surface area (Å²) in [6.07, 6.45) is -0.373. The number of hydrogen-bond donors (Lipinski definition) is 4. The molecule has 4 rings (SSSR count). The third kappa shape index (κ3) is 4.77. The van der Waals surface area contributed by atoms with E-state index < -0.39 is 34.1 Å². The van der Waals surface area contributed by atoms with Crippen LogP contribution in [0.2, 0.25) is 0 Å². The summed E-state index contributed by atoms with van der Waals surface area (Å²) in [6.45, 7) is 4.20. The van der Waals surface area contributed by atoms with Crippen molar-refractivity contribution in [3.63, 3.8) is 0 Å². The van der Waals surface area contributed by atoms with Gasteiger partial charge in [0.1, 0.15) is 5.70 Å². The van der Waals surface area contributed by atoms with Gasteiger partial charge in [-0.05, 0) is 31.0 Å². The molecule has 11 nitrogen and oxygen atoms in total. The number of amides is 2. The Hall–Kier alpha value is -2.45. The molecule has 2 saturated heterocycles. The van der Waals surface area contributed by atoms with E-state index in [9.17, 15) is 33.0 Å². The number of nitrogens with two attached hydrogens (primary N) is 1. The van der Waals surface area contributed by atoms with Crippen LogP contribution >= 0.6 is 11.8 Å². The second-order valence-corrected chi connectivity index (χ2v) is 12.5. The van der Waals surface area contributed by atoms with Gasteiger partial charge in [-0.2, -0.15) is 0 Å². The smallest absolute Gasteiger partial charge is 0.353 e. The van der Waals surface area contributed by atoms with E-state index in [-0.39, 0.29) is 46.2 Å². The maximum atomic E-state index is 13.0. The Balaban J connectivity index is 1.39. The highest BCUT2D eigenvalue weighted by atomic mass is 32.2. The largest absolute Gasteiger partial charge is 0.477 e. The summed E-state index contributed by atoms with van der Waals surface area (Å²) in [7, 11) is -2.13. The van der Waals surface area contributed by atoms with Gasteiger partial charge < -0.3 is 25.3 Å². The van der Waals surface area contributed by atoms with E-state index in [1.807, 2.05) is 6.92 Å². The predicted octanol–water partition coefficient (Wildman–Crippen LogP) is -0.0902. The van der Waals surface area contributed by atoms with Crippen LogP contribution in [0.5, 0.6) is 0 Å². The normalized spacial score (nSPS) is 28.6. The van der Waals surface area contributed by atoms with Gasteiger partial charge in [0.05, 0.1) is 29.0 Å². The van der Waals surface area contributed by atoms with Crippen molar-refractivity contribution in [1.82, 2.24) is 15.1 Å². The van der Waals surface area contributed by atoms with Gasteiger partial charge in [-0.25, -0.2) is 18.4 Å². The van der Waals surface area contributed by atoms with Crippen molar-refractivity contribution in [1.29, 1.82) is 0 Å². The van der Waals surface area contributed by atoms with Crippen LogP contribution in [-0.4, -0.2) is 83.2 Å². The summed E-state index contributed by atoms with van der Waals surface area (Å²) in [5.41, 5.74) is 0.731. The molecule has 0 aromatic heterocycles. The lowest BCUT2D eigenvalue weighted by atomic mass is 9.79. The molecule has 3 aliphatic rings. The number of fused-ring (bicyclic) bond motifs is 1. The molecule has 5 N–H and O–H groups in total. The van der Waals surface area contributed by atoms with Crippen LogP contribution in [0.3, 0.4) is 0 Å². The van der Waals surface area contributed by atoms with Gasteiger partial charge in [0.2, 0.25) is 21.8 Å². The van der Waals surface area contributed by atoms with E-state index >= 15 is 0 Å². The molecule has 196 valence electrons. The van der Waals surface area contributed by atoms with Gasteiger partial charge in [-0.15, -0.1) is 11.8 Å². The van der Waals surface area contributed by atoms with Crippen LogP contribution in [-0.2, 0) is 31.0 Å². The summed E-state index contributed by atoms with van der Waals surface area (Å²) >= 11 is 1.38. The Labute approximate surface area is 213 Å². The number of hydrogen-bond acceptors (Lipinski definition) is 8. The first-order valence-corrected chi connectivity index (χ1v) is 14.0. The summed E-state index contributed by atoms with van der Waals surface area (Å²) in [5, 5.41) is 28.1. The minimum absolute atomic E-state index is 0.0000354. The molecular weight excluding hydrogens is 508 g/mol. The molecule has 13 heteroatoms. The fourth-order valence-corrected chi connectivity index (χ4v) is 7.24. The van der Waals surface area contributed by atoms with Crippen LogP contribution in [0.25, 0.3) is 0 Å². The topological polar surface area (TPSA) is 170 Å². The number of thioether (sulfide) groups is 1. The molecule has 0 saturated carbocycles. The quantitative estimate of drug-likeness (QED) is 0.330. The summed E-state index contributed by atoms with van der Waals surface area (Å²) in [5.74, 6) is -2.51. The number of carboxylic acid groups (broad SMARTS) is 1. The first kappa shape index (κ1) is 26.6. The first-order valence-electron chi connectivity index (χ1n) is 11.6. The summed E-state index contributed by atoms with van der Waals surface area (Å²) in [4.78, 5) is 41.0. The van der Waals surface area contributed by atoms with Gasteiger partial charge >= 0.3 is 5.97 Å². The second kappa shape index (κ2) is 9.78. The predicted molar refractivity (Wildman–Crippen MR) is 132 cm³/mol. The van der Waals surface area contributed by atoms with Gasteiger partial charge in [-0.1, -0.05) is 19.1 Å². The fraction of sp³-hybridized carbons (Fsp3) is 0.522. The summed E-state index contributed by atoms with van der Waals surface area (Å²) < 4.78 is 22.8. The Bertz CT molecular complexity index is 1220. The lowest BCUT2D eigenvalue weighted by Crippen LogP contribution is -2.63. The molecule has 0 aliphatic carbocycles. The highest BCUT2D eigenvalue weighted by Crippen LogP contribution is 2.51. The number of carboxylic acids is 1. The molecule has 3 aliphatic heterocycles. The molecule has 0 spiro atoms. The first-order chi connectivity index (χ1) is 16.8. The zero-order valence-corrected chi connectivity index (χ0v) is 21.8. The van der Waals surface area contributed by atoms with Crippen LogP contribution in [0, 0.1) is 11.8 Å². The molecule has 6 atom stereocenters. The molecule has 2 fully saturated rings. The van der Waals surface area contributed by atoms with E-state index in [1.54, 1.807) is 31.0 Å². The fourth-order valence-electron chi connectivity index (χ4n) is 5.24. The van der Waals surface area contributed by atoms with Crippen molar-refractivity contribution >= 4 is 39.6 Å². The molecule has 1 aromatic carbocycles. The molecule has 2 amide bonds. The zero-order chi connectivity index (χ0) is 26.5. The van der Waals surface area contributed by atoms with Crippen LogP contribution in [0.15, 0.2) is 39.8 Å². The SMILES string of the molecule is C[C@@H](O)[C@H]1C(=O)N2C(C(=O)O)=C(S[C@@H]3CN[C@H](C(=O)N(C)Cc4ccc(S(N)(=O)=O)cc4)C3)[C@H](C)[C@H]12. The standard InChI is InChI=1S/C23H30N4O7S2/c1-11-18-17(12(2)28)22(30)27(18)19(23(31)32)20(11)35-14-8-16(25-9-14)21(29)26(3)10-13-4-6-15(7-5-13)36(24,33)34/h4-7,11-12,14,16-18,25,28H,8-10H2,1-3H3,(H,31,32)(H2,24,33,34)/t11-,12-,14+,16+,17-,18-/m1/s1. The van der Waals surface area contributed by atoms with Crippen molar-refractivity contribution in [2.75, 3.05) is 13.6 Å². The van der Waals surface area contributed by atoms with Crippen LogP contribution < -0.4 is 10.5 Å². The Kier molecular flexibility index (Phi) is 7.23. The molecule has 36 heavy (non-hydrogen) atoms. The molecular formula is C23H30N4O7S2. The van der Waals surface area contributed by atoms with Gasteiger partial charge in [0.15, 0.2) is 0 Å². The third-order valence-electron chi connectivity index (χ3n) is 7.04. The Morgan fingerprint density at radius 3 is 2.50 bits per heavy atom. The number of β-lactam (4-membered cyclic amide) rings is 1. The zero-order valence-electron chi connectivity index (χ0n) is 20.1. The highest BCUT2D eigenvalue weighted by molar-refractivity contribution is 8.03. The lowest BCUT2D eigenvalue weighted by molar-refractivity contribution is -0.163. The maximum absolute atomic E-state index is 13.0. The van der Waals surface area contributed by atoms with Crippen molar-refractivity contribution in [3.05, 3.63) is 40.4 Å². The maximum Gasteiger partial charge on any atom is 0.353 e. The number of aliphatic carboxylic acids is 1. The molecule has 3 heterocycles. The number of carbonyl (C=O) groups is 3. The average molecular weight is 539 g/mol.